The highest BCUT2D eigenvalue weighted by Crippen LogP contribution is 2.19. The lowest BCUT2D eigenvalue weighted by Crippen LogP contribution is -2.11. The van der Waals surface area contributed by atoms with Gasteiger partial charge < -0.3 is 5.73 Å². The Labute approximate surface area is 102 Å². The quantitative estimate of drug-likeness (QED) is 0.629. The highest BCUT2D eigenvalue weighted by Gasteiger charge is 1.99. The van der Waals surface area contributed by atoms with E-state index in [1.807, 2.05) is 0 Å². The number of amidine groups is 1. The van der Waals surface area contributed by atoms with E-state index in [2.05, 4.69) is 54.4 Å². The van der Waals surface area contributed by atoms with Gasteiger partial charge in [0.25, 0.3) is 0 Å². The monoisotopic (exact) mass is 226 g/mol. The molecule has 0 saturated heterocycles. The van der Waals surface area contributed by atoms with Crippen LogP contribution >= 0.6 is 0 Å². The molecule has 0 saturated carbocycles. The van der Waals surface area contributed by atoms with Crippen molar-refractivity contribution in [2.75, 3.05) is 0 Å². The van der Waals surface area contributed by atoms with Crippen LogP contribution < -0.4 is 5.73 Å². The van der Waals surface area contributed by atoms with Crippen molar-refractivity contribution in [3.8, 4) is 0 Å². The van der Waals surface area contributed by atoms with E-state index >= 15 is 0 Å². The van der Waals surface area contributed by atoms with Gasteiger partial charge in [-0.3, -0.25) is 4.99 Å². The van der Waals surface area contributed by atoms with Crippen LogP contribution in [0.5, 0.6) is 0 Å². The SMILES string of the molecule is CCCC(N)=NCc1cccc2ccccc12. The molecule has 2 aromatic rings. The zero-order chi connectivity index (χ0) is 12.1. The molecule has 0 aliphatic heterocycles. The molecule has 0 unspecified atom stereocenters. The molecular formula is C15H18N2. The number of hydrogen-bond donors (Lipinski definition) is 1. The van der Waals surface area contributed by atoms with Gasteiger partial charge in [0.15, 0.2) is 0 Å². The third kappa shape index (κ3) is 2.84. The van der Waals surface area contributed by atoms with E-state index in [4.69, 9.17) is 5.73 Å². The van der Waals surface area contributed by atoms with Gasteiger partial charge in [0.05, 0.1) is 12.4 Å². The number of nitrogens with zero attached hydrogens (tertiary/aromatic N) is 1. The standard InChI is InChI=1S/C15H18N2/c1-2-6-15(16)17-11-13-9-5-8-12-7-3-4-10-14(12)13/h3-5,7-10H,2,6,11H2,1H3,(H2,16,17). The number of hydrogen-bond acceptors (Lipinski definition) is 1. The second-order valence-electron chi connectivity index (χ2n) is 4.20. The van der Waals surface area contributed by atoms with Gasteiger partial charge in [0.1, 0.15) is 0 Å². The summed E-state index contributed by atoms with van der Waals surface area (Å²) in [6, 6.07) is 14.7. The second kappa shape index (κ2) is 5.48. The fraction of sp³-hybridized carbons (Fsp3) is 0.267. The minimum atomic E-state index is 0.674. The van der Waals surface area contributed by atoms with Gasteiger partial charge in [-0.1, -0.05) is 49.4 Å². The van der Waals surface area contributed by atoms with Gasteiger partial charge in [-0.05, 0) is 22.8 Å². The van der Waals surface area contributed by atoms with Gasteiger partial charge in [-0.2, -0.15) is 0 Å². The van der Waals surface area contributed by atoms with Gasteiger partial charge in [-0.25, -0.2) is 0 Å². The minimum absolute atomic E-state index is 0.674. The van der Waals surface area contributed by atoms with Crippen molar-refractivity contribution in [1.82, 2.24) is 0 Å². The van der Waals surface area contributed by atoms with Crippen LogP contribution in [0.15, 0.2) is 47.5 Å². The van der Waals surface area contributed by atoms with E-state index in [-0.39, 0.29) is 0 Å². The Balaban J connectivity index is 2.27. The van der Waals surface area contributed by atoms with Crippen LogP contribution in [0.2, 0.25) is 0 Å². The average Bonchev–Trinajstić information content (AvgIpc) is 2.36. The zero-order valence-corrected chi connectivity index (χ0v) is 10.2. The molecule has 0 atom stereocenters. The first-order valence-electron chi connectivity index (χ1n) is 6.06. The molecule has 0 aromatic heterocycles. The number of fused-ring (bicyclic) bond motifs is 1. The largest absolute Gasteiger partial charge is 0.387 e. The highest BCUT2D eigenvalue weighted by atomic mass is 14.8. The van der Waals surface area contributed by atoms with Gasteiger partial charge in [0.2, 0.25) is 0 Å². The Morgan fingerprint density at radius 1 is 1.12 bits per heavy atom. The summed E-state index contributed by atoms with van der Waals surface area (Å²) >= 11 is 0. The first-order chi connectivity index (χ1) is 8.31. The van der Waals surface area contributed by atoms with Gasteiger partial charge in [-0.15, -0.1) is 0 Å². The molecule has 88 valence electrons. The van der Waals surface area contributed by atoms with Crippen LogP contribution in [-0.2, 0) is 6.54 Å². The first-order valence-corrected chi connectivity index (χ1v) is 6.06. The number of benzene rings is 2. The summed E-state index contributed by atoms with van der Waals surface area (Å²) in [5.41, 5.74) is 7.06. The lowest BCUT2D eigenvalue weighted by molar-refractivity contribution is 0.957. The maximum Gasteiger partial charge on any atom is 0.0941 e. The fourth-order valence-electron chi connectivity index (χ4n) is 1.95. The van der Waals surface area contributed by atoms with E-state index in [0.29, 0.717) is 6.54 Å². The Morgan fingerprint density at radius 3 is 2.71 bits per heavy atom. The predicted octanol–water partition coefficient (Wildman–Crippen LogP) is 3.50. The van der Waals surface area contributed by atoms with E-state index in [9.17, 15) is 0 Å². The summed E-state index contributed by atoms with van der Waals surface area (Å²) < 4.78 is 0. The Bertz CT molecular complexity index is 524. The first kappa shape index (κ1) is 11.6. The third-order valence-electron chi connectivity index (χ3n) is 2.84. The highest BCUT2D eigenvalue weighted by molar-refractivity contribution is 5.86. The average molecular weight is 226 g/mol. The molecule has 0 heterocycles. The van der Waals surface area contributed by atoms with Crippen LogP contribution in [0.25, 0.3) is 10.8 Å². The van der Waals surface area contributed by atoms with Crippen molar-refractivity contribution in [1.29, 1.82) is 0 Å². The lowest BCUT2D eigenvalue weighted by atomic mass is 10.0. The Hall–Kier alpha value is -1.83. The topological polar surface area (TPSA) is 38.4 Å². The van der Waals surface area contributed by atoms with Crippen molar-refractivity contribution in [2.24, 2.45) is 10.7 Å². The molecule has 0 bridgehead atoms. The normalized spacial score (nSPS) is 11.9. The molecule has 0 amide bonds. The van der Waals surface area contributed by atoms with Crippen LogP contribution in [-0.4, -0.2) is 5.84 Å². The van der Waals surface area contributed by atoms with Crippen LogP contribution in [0.4, 0.5) is 0 Å². The fourth-order valence-corrected chi connectivity index (χ4v) is 1.95. The molecule has 2 nitrogen and oxygen atoms in total. The summed E-state index contributed by atoms with van der Waals surface area (Å²) in [5.74, 6) is 0.750. The number of aliphatic imine (C=N–C) groups is 1. The van der Waals surface area contributed by atoms with Crippen molar-refractivity contribution < 1.29 is 0 Å². The lowest BCUT2D eigenvalue weighted by Gasteiger charge is -2.04. The Kier molecular flexibility index (Phi) is 3.76. The van der Waals surface area contributed by atoms with E-state index < -0.39 is 0 Å². The smallest absolute Gasteiger partial charge is 0.0941 e. The van der Waals surface area contributed by atoms with Crippen LogP contribution in [0, 0.1) is 0 Å². The molecule has 17 heavy (non-hydrogen) atoms. The molecule has 0 aliphatic carbocycles. The molecule has 0 spiro atoms. The Morgan fingerprint density at radius 2 is 1.88 bits per heavy atom. The zero-order valence-electron chi connectivity index (χ0n) is 10.2. The van der Waals surface area contributed by atoms with Crippen molar-refractivity contribution >= 4 is 16.6 Å². The van der Waals surface area contributed by atoms with Crippen molar-refractivity contribution in [3.63, 3.8) is 0 Å². The summed E-state index contributed by atoms with van der Waals surface area (Å²) in [5, 5.41) is 2.53. The molecule has 2 heteroatoms. The van der Waals surface area contributed by atoms with Gasteiger partial charge >= 0.3 is 0 Å². The molecule has 2 rings (SSSR count). The van der Waals surface area contributed by atoms with Crippen molar-refractivity contribution in [2.45, 2.75) is 26.3 Å². The number of rotatable bonds is 4. The van der Waals surface area contributed by atoms with Crippen LogP contribution in [0.3, 0.4) is 0 Å². The van der Waals surface area contributed by atoms with Crippen LogP contribution in [0.1, 0.15) is 25.3 Å². The second-order valence-corrected chi connectivity index (χ2v) is 4.20. The van der Waals surface area contributed by atoms with E-state index in [1.165, 1.54) is 16.3 Å². The maximum atomic E-state index is 5.83. The minimum Gasteiger partial charge on any atom is -0.387 e. The summed E-state index contributed by atoms with van der Waals surface area (Å²) in [6.45, 7) is 2.79. The van der Waals surface area contributed by atoms with Gasteiger partial charge in [0, 0.05) is 6.42 Å². The molecule has 0 aliphatic rings. The summed E-state index contributed by atoms with van der Waals surface area (Å²) in [4.78, 5) is 4.43. The molecule has 0 radical (unpaired) electrons. The predicted molar refractivity (Wildman–Crippen MR) is 74.2 cm³/mol. The molecular weight excluding hydrogens is 208 g/mol. The van der Waals surface area contributed by atoms with E-state index in [0.717, 1.165) is 18.7 Å². The molecule has 2 aromatic carbocycles. The number of nitrogens with two attached hydrogens (primary N) is 1. The maximum absolute atomic E-state index is 5.83. The summed E-state index contributed by atoms with van der Waals surface area (Å²) in [7, 11) is 0. The summed E-state index contributed by atoms with van der Waals surface area (Å²) in [6.07, 6.45) is 1.93. The van der Waals surface area contributed by atoms with Crippen molar-refractivity contribution in [3.05, 3.63) is 48.0 Å². The third-order valence-corrected chi connectivity index (χ3v) is 2.84. The molecule has 2 N–H and O–H groups in total. The van der Waals surface area contributed by atoms with E-state index in [1.54, 1.807) is 0 Å². The molecule has 0 fully saturated rings.